The fourth-order valence-corrected chi connectivity index (χ4v) is 7.87. The number of ether oxygens (including phenoxy) is 2. The first-order valence-corrected chi connectivity index (χ1v) is 26.3. The van der Waals surface area contributed by atoms with Gasteiger partial charge in [0, 0.05) is 19.4 Å². The molecule has 0 fully saturated rings. The average Bonchev–Trinajstić information content (AvgIpc) is 3.22. The number of unbranched alkanes of at least 4 members (excludes halogenated alkanes) is 30. The van der Waals surface area contributed by atoms with Gasteiger partial charge in [0.2, 0.25) is 0 Å². The van der Waals surface area contributed by atoms with E-state index < -0.39 is 32.5 Å². The van der Waals surface area contributed by atoms with Gasteiger partial charge < -0.3 is 20.1 Å². The van der Waals surface area contributed by atoms with Gasteiger partial charge in [-0.05, 0) is 57.8 Å². The van der Waals surface area contributed by atoms with Crippen molar-refractivity contribution in [3.8, 4) is 0 Å². The third kappa shape index (κ3) is 45.8. The molecule has 0 saturated heterocycles. The smallest absolute Gasteiger partial charge is 0.462 e. The quantitative estimate of drug-likeness (QED) is 0.0265. The maximum Gasteiger partial charge on any atom is 0.472 e. The van der Waals surface area contributed by atoms with Gasteiger partial charge in [-0.3, -0.25) is 18.6 Å². The Morgan fingerprint density at radius 1 is 0.492 bits per heavy atom. The molecule has 59 heavy (non-hydrogen) atoms. The standard InChI is InChI=1S/C49H94NO8P/c1-3-5-7-9-11-13-15-17-19-20-21-22-23-24-25-26-28-29-31-33-35-37-39-41-48(51)55-45-47(46-57-59(53,54)56-44-43-50)58-49(52)42-40-38-36-34-32-30-27-18-16-14-12-10-8-6-4-2/h18,27,33,35,47H,3-17,19-26,28-32,34,36-46,50H2,1-2H3,(H,53,54)/b27-18+,35-33+/t47-/m0/s1. The van der Waals surface area contributed by atoms with E-state index in [0.717, 1.165) is 44.9 Å². The van der Waals surface area contributed by atoms with Crippen LogP contribution >= 0.6 is 7.82 Å². The molecule has 10 heteroatoms. The molecule has 2 atom stereocenters. The van der Waals surface area contributed by atoms with Crippen molar-refractivity contribution in [3.05, 3.63) is 24.3 Å². The first-order chi connectivity index (χ1) is 28.8. The monoisotopic (exact) mass is 856 g/mol. The number of carbonyl (C=O) groups excluding carboxylic acids is 2. The van der Waals surface area contributed by atoms with Crippen LogP contribution in [0, 0.1) is 0 Å². The molecule has 0 amide bonds. The van der Waals surface area contributed by atoms with Crippen LogP contribution in [0.2, 0.25) is 0 Å². The van der Waals surface area contributed by atoms with Crippen molar-refractivity contribution in [1.82, 2.24) is 0 Å². The second-order valence-corrected chi connectivity index (χ2v) is 18.1. The molecule has 3 N–H and O–H groups in total. The van der Waals surface area contributed by atoms with Gasteiger partial charge in [-0.1, -0.05) is 199 Å². The number of rotatable bonds is 47. The third-order valence-corrected chi connectivity index (χ3v) is 11.8. The number of allylic oxidation sites excluding steroid dienone is 4. The predicted octanol–water partition coefficient (Wildman–Crippen LogP) is 14.7. The van der Waals surface area contributed by atoms with Crippen LogP contribution in [0.5, 0.6) is 0 Å². The lowest BCUT2D eigenvalue weighted by atomic mass is 10.0. The van der Waals surface area contributed by atoms with Gasteiger partial charge in [0.05, 0.1) is 13.2 Å². The molecule has 0 aromatic carbocycles. The first-order valence-electron chi connectivity index (χ1n) is 24.8. The van der Waals surface area contributed by atoms with Gasteiger partial charge in [-0.2, -0.15) is 0 Å². The lowest BCUT2D eigenvalue weighted by Gasteiger charge is -2.19. The number of hydrogen-bond donors (Lipinski definition) is 2. The topological polar surface area (TPSA) is 134 Å². The second kappa shape index (κ2) is 46.0. The Morgan fingerprint density at radius 3 is 1.25 bits per heavy atom. The van der Waals surface area contributed by atoms with E-state index in [1.807, 2.05) is 0 Å². The number of phosphoric ester groups is 1. The highest BCUT2D eigenvalue weighted by Gasteiger charge is 2.26. The summed E-state index contributed by atoms with van der Waals surface area (Å²) in [5.41, 5.74) is 5.36. The zero-order valence-corrected chi connectivity index (χ0v) is 39.4. The van der Waals surface area contributed by atoms with Crippen LogP contribution in [0.25, 0.3) is 0 Å². The highest BCUT2D eigenvalue weighted by atomic mass is 31.2. The molecule has 9 nitrogen and oxygen atoms in total. The normalized spacial score (nSPS) is 13.4. The SMILES string of the molecule is CCCCCCCC/C=C/CCCCCCCC(=O)O[C@@H](COC(=O)CCC/C=C/CCCCCCCCCCCCCCCCCCCC)COP(=O)(O)OCCN. The van der Waals surface area contributed by atoms with E-state index in [4.69, 9.17) is 24.3 Å². The van der Waals surface area contributed by atoms with E-state index in [1.54, 1.807) is 0 Å². The minimum absolute atomic E-state index is 0.0503. The summed E-state index contributed by atoms with van der Waals surface area (Å²) in [5.74, 6) is -0.866. The van der Waals surface area contributed by atoms with Gasteiger partial charge in [0.1, 0.15) is 6.61 Å². The van der Waals surface area contributed by atoms with Crippen LogP contribution in [0.1, 0.15) is 245 Å². The van der Waals surface area contributed by atoms with Crippen molar-refractivity contribution in [2.75, 3.05) is 26.4 Å². The van der Waals surface area contributed by atoms with Crippen LogP contribution in [0.3, 0.4) is 0 Å². The summed E-state index contributed by atoms with van der Waals surface area (Å²) in [5, 5.41) is 0. The molecule has 0 aliphatic rings. The Morgan fingerprint density at radius 2 is 0.847 bits per heavy atom. The molecule has 1 unspecified atom stereocenters. The molecule has 0 radical (unpaired) electrons. The lowest BCUT2D eigenvalue weighted by Crippen LogP contribution is -2.29. The van der Waals surface area contributed by atoms with Gasteiger partial charge in [0.15, 0.2) is 6.10 Å². The Bertz CT molecular complexity index is 1020. The summed E-state index contributed by atoms with van der Waals surface area (Å²) < 4.78 is 32.8. The summed E-state index contributed by atoms with van der Waals surface area (Å²) in [7, 11) is -4.38. The highest BCUT2D eigenvalue weighted by Crippen LogP contribution is 2.43. The number of nitrogens with two attached hydrogens (primary N) is 1. The van der Waals surface area contributed by atoms with Gasteiger partial charge in [0.25, 0.3) is 0 Å². The molecule has 0 rings (SSSR count). The van der Waals surface area contributed by atoms with E-state index in [-0.39, 0.29) is 32.6 Å². The van der Waals surface area contributed by atoms with Crippen LogP contribution in [-0.2, 0) is 32.7 Å². The number of carbonyl (C=O) groups is 2. The molecule has 348 valence electrons. The summed E-state index contributed by atoms with van der Waals surface area (Å²) >= 11 is 0. The fourth-order valence-electron chi connectivity index (χ4n) is 7.11. The number of esters is 2. The highest BCUT2D eigenvalue weighted by molar-refractivity contribution is 7.47. The van der Waals surface area contributed by atoms with Crippen molar-refractivity contribution in [1.29, 1.82) is 0 Å². The second-order valence-electron chi connectivity index (χ2n) is 16.7. The van der Waals surface area contributed by atoms with Gasteiger partial charge in [-0.15, -0.1) is 0 Å². The minimum Gasteiger partial charge on any atom is -0.462 e. The minimum atomic E-state index is -4.38. The predicted molar refractivity (Wildman–Crippen MR) is 247 cm³/mol. The van der Waals surface area contributed by atoms with Crippen molar-refractivity contribution < 1.29 is 37.6 Å². The summed E-state index contributed by atoms with van der Waals surface area (Å²) in [6.45, 7) is 3.72. The largest absolute Gasteiger partial charge is 0.472 e. The van der Waals surface area contributed by atoms with E-state index >= 15 is 0 Å². The summed E-state index contributed by atoms with van der Waals surface area (Å²) in [6.07, 6.45) is 50.9. The van der Waals surface area contributed by atoms with Crippen molar-refractivity contribution >= 4 is 19.8 Å². The third-order valence-electron chi connectivity index (χ3n) is 10.8. The number of hydrogen-bond acceptors (Lipinski definition) is 8. The maximum absolute atomic E-state index is 12.6. The summed E-state index contributed by atoms with van der Waals surface area (Å²) in [6, 6.07) is 0. The Balaban J connectivity index is 4.05. The van der Waals surface area contributed by atoms with Crippen molar-refractivity contribution in [3.63, 3.8) is 0 Å². The number of phosphoric acid groups is 1. The Kier molecular flexibility index (Phi) is 44.8. The van der Waals surface area contributed by atoms with Gasteiger partial charge >= 0.3 is 19.8 Å². The van der Waals surface area contributed by atoms with E-state index in [9.17, 15) is 19.0 Å². The van der Waals surface area contributed by atoms with Crippen molar-refractivity contribution in [2.24, 2.45) is 5.73 Å². The summed E-state index contributed by atoms with van der Waals surface area (Å²) in [4.78, 5) is 34.9. The molecule has 0 heterocycles. The molecule has 0 aliphatic carbocycles. The van der Waals surface area contributed by atoms with Crippen molar-refractivity contribution in [2.45, 2.75) is 251 Å². The van der Waals surface area contributed by atoms with E-state index in [2.05, 4.69) is 38.2 Å². The maximum atomic E-state index is 12.6. The van der Waals surface area contributed by atoms with Crippen LogP contribution in [-0.4, -0.2) is 49.3 Å². The molecule has 0 saturated carbocycles. The molecular weight excluding hydrogens is 762 g/mol. The van der Waals surface area contributed by atoms with E-state index in [1.165, 1.54) is 161 Å². The first kappa shape index (κ1) is 57.5. The average molecular weight is 856 g/mol. The van der Waals surface area contributed by atoms with E-state index in [0.29, 0.717) is 12.8 Å². The lowest BCUT2D eigenvalue weighted by molar-refractivity contribution is -0.161. The molecule has 0 aliphatic heterocycles. The van der Waals surface area contributed by atoms with Crippen LogP contribution < -0.4 is 5.73 Å². The van der Waals surface area contributed by atoms with Crippen LogP contribution in [0.4, 0.5) is 0 Å². The zero-order chi connectivity index (χ0) is 43.2. The Hall–Kier alpha value is -1.51. The van der Waals surface area contributed by atoms with Crippen LogP contribution in [0.15, 0.2) is 24.3 Å². The molecule has 0 spiro atoms. The molecule has 0 aromatic rings. The molecular formula is C49H94NO8P. The Labute approximate surface area is 363 Å². The molecule has 0 bridgehead atoms. The van der Waals surface area contributed by atoms with Gasteiger partial charge in [-0.25, -0.2) is 4.57 Å². The fraction of sp³-hybridized carbons (Fsp3) is 0.878. The zero-order valence-electron chi connectivity index (χ0n) is 38.5. The molecule has 0 aromatic heterocycles.